The van der Waals surface area contributed by atoms with Crippen molar-refractivity contribution in [1.82, 2.24) is 19.4 Å². The van der Waals surface area contributed by atoms with Crippen molar-refractivity contribution < 1.29 is 0 Å². The molecule has 4 heteroatoms. The number of likely N-dealkylation sites (N-methyl/N-ethyl adjacent to an activating group) is 1. The van der Waals surface area contributed by atoms with Crippen LogP contribution in [0.4, 0.5) is 0 Å². The number of imidazole rings is 1. The van der Waals surface area contributed by atoms with Crippen molar-refractivity contribution in [3.8, 4) is 5.69 Å². The lowest BCUT2D eigenvalue weighted by Gasteiger charge is -2.14. The Balaban J connectivity index is 1.92. The van der Waals surface area contributed by atoms with Gasteiger partial charge in [-0.25, -0.2) is 9.97 Å². The summed E-state index contributed by atoms with van der Waals surface area (Å²) in [6.45, 7) is 4.31. The third-order valence-corrected chi connectivity index (χ3v) is 4.49. The van der Waals surface area contributed by atoms with E-state index in [1.165, 1.54) is 5.56 Å². The number of aromatic nitrogens is 3. The normalized spacial score (nSPS) is 19.1. The third kappa shape index (κ3) is 2.20. The first-order chi connectivity index (χ1) is 10.7. The van der Waals surface area contributed by atoms with E-state index in [1.807, 2.05) is 12.3 Å². The Morgan fingerprint density at radius 1 is 1.14 bits per heavy atom. The highest BCUT2D eigenvalue weighted by Gasteiger charge is 2.27. The lowest BCUT2D eigenvalue weighted by atomic mass is 10.1. The molecule has 3 aromatic rings. The van der Waals surface area contributed by atoms with Crippen LogP contribution < -0.4 is 0 Å². The fourth-order valence-electron chi connectivity index (χ4n) is 3.30. The Bertz CT molecular complexity index is 804. The Kier molecular flexibility index (Phi) is 3.19. The third-order valence-electron chi connectivity index (χ3n) is 4.49. The van der Waals surface area contributed by atoms with Crippen molar-refractivity contribution in [2.45, 2.75) is 19.3 Å². The zero-order valence-corrected chi connectivity index (χ0v) is 13.0. The van der Waals surface area contributed by atoms with Gasteiger partial charge in [0, 0.05) is 24.3 Å². The number of pyridine rings is 1. The number of benzene rings is 1. The second kappa shape index (κ2) is 5.21. The molecule has 3 heterocycles. The van der Waals surface area contributed by atoms with Crippen molar-refractivity contribution in [2.24, 2.45) is 0 Å². The van der Waals surface area contributed by atoms with Gasteiger partial charge in [0.25, 0.3) is 0 Å². The number of hydrogen-bond donors (Lipinski definition) is 0. The van der Waals surface area contributed by atoms with Gasteiger partial charge in [-0.3, -0.25) is 4.57 Å². The highest BCUT2D eigenvalue weighted by atomic mass is 15.2. The maximum absolute atomic E-state index is 4.90. The molecule has 1 atom stereocenters. The van der Waals surface area contributed by atoms with Gasteiger partial charge in [0.2, 0.25) is 0 Å². The molecule has 0 bridgehead atoms. The van der Waals surface area contributed by atoms with E-state index in [2.05, 4.69) is 58.8 Å². The van der Waals surface area contributed by atoms with Crippen molar-refractivity contribution in [2.75, 3.05) is 20.1 Å². The predicted octanol–water partition coefficient (Wildman–Crippen LogP) is 3.15. The van der Waals surface area contributed by atoms with Gasteiger partial charge in [-0.2, -0.15) is 0 Å². The minimum atomic E-state index is 0.473. The van der Waals surface area contributed by atoms with Crippen LogP contribution in [0.5, 0.6) is 0 Å². The maximum Gasteiger partial charge on any atom is 0.164 e. The van der Waals surface area contributed by atoms with Gasteiger partial charge in [-0.1, -0.05) is 17.7 Å². The Morgan fingerprint density at radius 3 is 2.68 bits per heavy atom. The molecule has 0 aliphatic carbocycles. The van der Waals surface area contributed by atoms with Crippen molar-refractivity contribution >= 4 is 11.2 Å². The van der Waals surface area contributed by atoms with Gasteiger partial charge in [0.15, 0.2) is 5.65 Å². The van der Waals surface area contributed by atoms with Crippen LogP contribution >= 0.6 is 0 Å². The maximum atomic E-state index is 4.90. The van der Waals surface area contributed by atoms with Crippen LogP contribution in [0.2, 0.25) is 0 Å². The van der Waals surface area contributed by atoms with Gasteiger partial charge in [0.1, 0.15) is 11.3 Å². The molecule has 0 spiro atoms. The molecule has 4 nitrogen and oxygen atoms in total. The van der Waals surface area contributed by atoms with Gasteiger partial charge in [-0.15, -0.1) is 0 Å². The SMILES string of the molecule is Cc1ccc(-n2c(C3CCN(C)C3)nc3cccnc32)cc1. The van der Waals surface area contributed by atoms with E-state index < -0.39 is 0 Å². The fraction of sp³-hybridized carbons (Fsp3) is 0.333. The van der Waals surface area contributed by atoms with Crippen molar-refractivity contribution in [3.05, 3.63) is 54.0 Å². The monoisotopic (exact) mass is 292 g/mol. The van der Waals surface area contributed by atoms with E-state index in [0.717, 1.165) is 42.2 Å². The Hall–Kier alpha value is -2.20. The highest BCUT2D eigenvalue weighted by Crippen LogP contribution is 2.30. The number of fused-ring (bicyclic) bond motifs is 1. The first-order valence-electron chi connectivity index (χ1n) is 7.81. The minimum absolute atomic E-state index is 0.473. The topological polar surface area (TPSA) is 34.0 Å². The average molecular weight is 292 g/mol. The largest absolute Gasteiger partial charge is 0.306 e. The number of likely N-dealkylation sites (tertiary alicyclic amines) is 1. The summed E-state index contributed by atoms with van der Waals surface area (Å²) in [5, 5.41) is 0. The van der Waals surface area contributed by atoms with Gasteiger partial charge < -0.3 is 4.90 Å². The van der Waals surface area contributed by atoms with Crippen LogP contribution in [0, 0.1) is 6.92 Å². The smallest absolute Gasteiger partial charge is 0.164 e. The van der Waals surface area contributed by atoms with E-state index >= 15 is 0 Å². The number of hydrogen-bond acceptors (Lipinski definition) is 3. The number of rotatable bonds is 2. The molecule has 1 aromatic carbocycles. The van der Waals surface area contributed by atoms with E-state index in [1.54, 1.807) is 0 Å². The second-order valence-corrected chi connectivity index (χ2v) is 6.23. The van der Waals surface area contributed by atoms with Crippen molar-refractivity contribution in [3.63, 3.8) is 0 Å². The number of aryl methyl sites for hydroxylation is 1. The molecular weight excluding hydrogens is 272 g/mol. The Morgan fingerprint density at radius 2 is 1.95 bits per heavy atom. The molecule has 1 aliphatic heterocycles. The molecule has 1 unspecified atom stereocenters. The molecule has 0 N–H and O–H groups in total. The van der Waals surface area contributed by atoms with Crippen LogP contribution in [0.3, 0.4) is 0 Å². The van der Waals surface area contributed by atoms with Crippen LogP contribution in [-0.2, 0) is 0 Å². The summed E-state index contributed by atoms with van der Waals surface area (Å²) in [5.41, 5.74) is 4.35. The average Bonchev–Trinajstić information content (AvgIpc) is 3.11. The zero-order chi connectivity index (χ0) is 15.1. The van der Waals surface area contributed by atoms with E-state index in [4.69, 9.17) is 4.98 Å². The molecule has 1 saturated heterocycles. The summed E-state index contributed by atoms with van der Waals surface area (Å²) in [5.74, 6) is 1.61. The summed E-state index contributed by atoms with van der Waals surface area (Å²) in [7, 11) is 2.18. The molecule has 1 aliphatic rings. The first-order valence-corrected chi connectivity index (χ1v) is 7.81. The van der Waals surface area contributed by atoms with E-state index in [0.29, 0.717) is 5.92 Å². The second-order valence-electron chi connectivity index (χ2n) is 6.23. The van der Waals surface area contributed by atoms with Gasteiger partial charge >= 0.3 is 0 Å². The molecular formula is C18H20N4. The van der Waals surface area contributed by atoms with Crippen LogP contribution in [0.15, 0.2) is 42.6 Å². The lowest BCUT2D eigenvalue weighted by Crippen LogP contribution is -2.15. The summed E-state index contributed by atoms with van der Waals surface area (Å²) in [6, 6.07) is 12.6. The Labute approximate surface area is 130 Å². The molecule has 22 heavy (non-hydrogen) atoms. The molecule has 4 rings (SSSR count). The lowest BCUT2D eigenvalue weighted by molar-refractivity contribution is 0.409. The minimum Gasteiger partial charge on any atom is -0.306 e. The molecule has 0 radical (unpaired) electrons. The van der Waals surface area contributed by atoms with Crippen LogP contribution in [0.1, 0.15) is 23.7 Å². The molecule has 2 aromatic heterocycles. The summed E-state index contributed by atoms with van der Waals surface area (Å²) >= 11 is 0. The predicted molar refractivity (Wildman–Crippen MR) is 88.5 cm³/mol. The molecule has 0 saturated carbocycles. The fourth-order valence-corrected chi connectivity index (χ4v) is 3.30. The molecule has 0 amide bonds. The summed E-state index contributed by atoms with van der Waals surface area (Å²) in [4.78, 5) is 11.9. The highest BCUT2D eigenvalue weighted by molar-refractivity contribution is 5.74. The van der Waals surface area contributed by atoms with Crippen LogP contribution in [-0.4, -0.2) is 39.6 Å². The standard InChI is InChI=1S/C18H20N4/c1-13-5-7-15(8-6-13)22-17(14-9-11-21(2)12-14)20-16-4-3-10-19-18(16)22/h3-8,10,14H,9,11-12H2,1-2H3. The molecule has 112 valence electrons. The van der Waals surface area contributed by atoms with Crippen LogP contribution in [0.25, 0.3) is 16.9 Å². The van der Waals surface area contributed by atoms with E-state index in [-0.39, 0.29) is 0 Å². The summed E-state index contributed by atoms with van der Waals surface area (Å²) < 4.78 is 2.23. The van der Waals surface area contributed by atoms with E-state index in [9.17, 15) is 0 Å². The van der Waals surface area contributed by atoms with Crippen molar-refractivity contribution in [1.29, 1.82) is 0 Å². The number of nitrogens with zero attached hydrogens (tertiary/aromatic N) is 4. The molecule has 1 fully saturated rings. The zero-order valence-electron chi connectivity index (χ0n) is 13.0. The summed E-state index contributed by atoms with van der Waals surface area (Å²) in [6.07, 6.45) is 3.00. The van der Waals surface area contributed by atoms with Gasteiger partial charge in [-0.05, 0) is 51.2 Å². The van der Waals surface area contributed by atoms with Gasteiger partial charge in [0.05, 0.1) is 0 Å². The first kappa shape index (κ1) is 13.5. The quantitative estimate of drug-likeness (QED) is 0.727.